The van der Waals surface area contributed by atoms with Gasteiger partial charge in [-0.15, -0.1) is 0 Å². The first-order chi connectivity index (χ1) is 12.6. The van der Waals surface area contributed by atoms with E-state index in [0.717, 1.165) is 41.0 Å². The van der Waals surface area contributed by atoms with Crippen LogP contribution in [0, 0.1) is 18.3 Å². The summed E-state index contributed by atoms with van der Waals surface area (Å²) >= 11 is 0. The molecule has 0 aliphatic carbocycles. The van der Waals surface area contributed by atoms with Gasteiger partial charge in [0, 0.05) is 11.3 Å². The molecule has 2 aromatic carbocycles. The van der Waals surface area contributed by atoms with Crippen LogP contribution in [0.25, 0.3) is 11.1 Å². The van der Waals surface area contributed by atoms with Crippen LogP contribution in [-0.4, -0.2) is 4.98 Å². The normalized spacial score (nSPS) is 10.3. The van der Waals surface area contributed by atoms with Crippen LogP contribution in [0.15, 0.2) is 54.6 Å². The number of pyridine rings is 1. The molecule has 3 rings (SSSR count). The minimum atomic E-state index is 0.272. The number of para-hydroxylation sites is 1. The third kappa shape index (κ3) is 3.52. The van der Waals surface area contributed by atoms with Crippen LogP contribution in [0.3, 0.4) is 0 Å². The number of benzene rings is 2. The number of aromatic nitrogens is 1. The third-order valence-electron chi connectivity index (χ3n) is 4.25. The van der Waals surface area contributed by atoms with Crippen molar-refractivity contribution < 1.29 is 4.74 Å². The number of anilines is 1. The number of ether oxygens (including phenoxy) is 1. The Morgan fingerprint density at radius 1 is 1.08 bits per heavy atom. The first kappa shape index (κ1) is 17.5. The van der Waals surface area contributed by atoms with E-state index in [1.165, 1.54) is 0 Å². The maximum absolute atomic E-state index is 9.65. The molecule has 0 fully saturated rings. The number of nitrogens with zero attached hydrogens (tertiary/aromatic N) is 2. The highest BCUT2D eigenvalue weighted by molar-refractivity contribution is 5.79. The molecule has 0 amide bonds. The molecule has 130 valence electrons. The van der Waals surface area contributed by atoms with Crippen molar-refractivity contribution in [2.75, 3.05) is 5.73 Å². The van der Waals surface area contributed by atoms with Crippen molar-refractivity contribution in [3.05, 3.63) is 71.4 Å². The summed E-state index contributed by atoms with van der Waals surface area (Å²) in [4.78, 5) is 4.36. The number of hydrogen-bond donors (Lipinski definition) is 1. The van der Waals surface area contributed by atoms with Crippen molar-refractivity contribution in [3.8, 4) is 28.7 Å². The smallest absolute Gasteiger partial charge is 0.142 e. The second kappa shape index (κ2) is 7.71. The average molecular weight is 343 g/mol. The molecule has 0 spiro atoms. The zero-order chi connectivity index (χ0) is 18.5. The fraction of sp³-hybridized carbons (Fsp3) is 0.182. The van der Waals surface area contributed by atoms with Crippen molar-refractivity contribution in [3.63, 3.8) is 0 Å². The predicted octanol–water partition coefficient (Wildman–Crippen LogP) is 5.26. The fourth-order valence-electron chi connectivity index (χ4n) is 3.09. The topological polar surface area (TPSA) is 71.9 Å². The summed E-state index contributed by atoms with van der Waals surface area (Å²) in [6.07, 6.45) is 1.80. The van der Waals surface area contributed by atoms with Gasteiger partial charge >= 0.3 is 0 Å². The predicted molar refractivity (Wildman–Crippen MR) is 104 cm³/mol. The molecule has 0 saturated heterocycles. The molecule has 1 aromatic heterocycles. The van der Waals surface area contributed by atoms with Crippen LogP contribution in [-0.2, 0) is 6.42 Å². The van der Waals surface area contributed by atoms with Gasteiger partial charge in [-0.1, -0.05) is 43.7 Å². The molecule has 0 atom stereocenters. The Morgan fingerprint density at radius 2 is 1.81 bits per heavy atom. The zero-order valence-corrected chi connectivity index (χ0v) is 15.0. The Morgan fingerprint density at radius 3 is 2.50 bits per heavy atom. The van der Waals surface area contributed by atoms with Crippen molar-refractivity contribution in [2.45, 2.75) is 26.7 Å². The first-order valence-electron chi connectivity index (χ1n) is 8.66. The molecule has 0 aliphatic heterocycles. The Bertz CT molecular complexity index is 959. The highest BCUT2D eigenvalue weighted by Crippen LogP contribution is 2.35. The summed E-state index contributed by atoms with van der Waals surface area (Å²) in [5.41, 5.74) is 10.2. The number of hydrogen-bond acceptors (Lipinski definition) is 4. The SMILES string of the molecule is CCCc1c(C)nc(N)c(C#N)c1-c1cccc(Oc2ccccc2)c1. The van der Waals surface area contributed by atoms with Crippen LogP contribution in [0.4, 0.5) is 5.82 Å². The summed E-state index contributed by atoms with van der Waals surface area (Å²) in [7, 11) is 0. The van der Waals surface area contributed by atoms with Gasteiger partial charge in [0.15, 0.2) is 0 Å². The fourth-order valence-corrected chi connectivity index (χ4v) is 3.09. The second-order valence-electron chi connectivity index (χ2n) is 6.12. The lowest BCUT2D eigenvalue weighted by atomic mass is 9.92. The van der Waals surface area contributed by atoms with Gasteiger partial charge in [-0.3, -0.25) is 0 Å². The Hall–Kier alpha value is -3.32. The largest absolute Gasteiger partial charge is 0.457 e. The molecule has 0 radical (unpaired) electrons. The number of aryl methyl sites for hydroxylation is 1. The summed E-state index contributed by atoms with van der Waals surface area (Å²) in [6.45, 7) is 4.05. The van der Waals surface area contributed by atoms with Gasteiger partial charge in [0.2, 0.25) is 0 Å². The first-order valence-corrected chi connectivity index (χ1v) is 8.66. The minimum absolute atomic E-state index is 0.272. The van der Waals surface area contributed by atoms with Crippen molar-refractivity contribution in [1.82, 2.24) is 4.98 Å². The number of nitriles is 1. The van der Waals surface area contributed by atoms with E-state index in [9.17, 15) is 5.26 Å². The Balaban J connectivity index is 2.12. The molecule has 0 aliphatic rings. The monoisotopic (exact) mass is 343 g/mol. The van der Waals surface area contributed by atoms with Gasteiger partial charge in [-0.2, -0.15) is 5.26 Å². The van der Waals surface area contributed by atoms with E-state index in [4.69, 9.17) is 10.5 Å². The number of nitrogens with two attached hydrogens (primary N) is 1. The molecular formula is C22H21N3O. The standard InChI is InChI=1S/C22H21N3O/c1-3-8-19-15(2)25-22(24)20(14-23)21(19)16-9-7-12-18(13-16)26-17-10-5-4-6-11-17/h4-7,9-13H,3,8H2,1-2H3,(H2,24,25). The average Bonchev–Trinajstić information content (AvgIpc) is 2.64. The van der Waals surface area contributed by atoms with E-state index in [1.54, 1.807) is 0 Å². The van der Waals surface area contributed by atoms with E-state index < -0.39 is 0 Å². The molecule has 0 bridgehead atoms. The Kier molecular flexibility index (Phi) is 5.19. The lowest BCUT2D eigenvalue weighted by Gasteiger charge is -2.16. The minimum Gasteiger partial charge on any atom is -0.457 e. The van der Waals surface area contributed by atoms with Crippen LogP contribution in [0.2, 0.25) is 0 Å². The molecule has 0 unspecified atom stereocenters. The zero-order valence-electron chi connectivity index (χ0n) is 15.0. The summed E-state index contributed by atoms with van der Waals surface area (Å²) in [5.74, 6) is 1.76. The van der Waals surface area contributed by atoms with Gasteiger partial charge in [-0.25, -0.2) is 4.98 Å². The van der Waals surface area contributed by atoms with Crippen molar-refractivity contribution >= 4 is 5.82 Å². The number of rotatable bonds is 5. The van der Waals surface area contributed by atoms with Gasteiger partial charge in [0.1, 0.15) is 28.9 Å². The third-order valence-corrected chi connectivity index (χ3v) is 4.25. The summed E-state index contributed by atoms with van der Waals surface area (Å²) in [6, 6.07) is 19.6. The van der Waals surface area contributed by atoms with Crippen LogP contribution >= 0.6 is 0 Å². The summed E-state index contributed by atoms with van der Waals surface area (Å²) < 4.78 is 5.94. The quantitative estimate of drug-likeness (QED) is 0.686. The van der Waals surface area contributed by atoms with Gasteiger partial charge in [0.05, 0.1) is 0 Å². The maximum atomic E-state index is 9.65. The van der Waals surface area contributed by atoms with E-state index in [-0.39, 0.29) is 5.82 Å². The molecule has 1 heterocycles. The van der Waals surface area contributed by atoms with Gasteiger partial charge in [0.25, 0.3) is 0 Å². The van der Waals surface area contributed by atoms with Crippen molar-refractivity contribution in [2.24, 2.45) is 0 Å². The van der Waals surface area contributed by atoms with Crippen molar-refractivity contribution in [1.29, 1.82) is 5.26 Å². The molecule has 3 aromatic rings. The van der Waals surface area contributed by atoms with E-state index >= 15 is 0 Å². The van der Waals surface area contributed by atoms with E-state index in [0.29, 0.717) is 11.3 Å². The molecule has 26 heavy (non-hydrogen) atoms. The number of nitrogen functional groups attached to an aromatic ring is 1. The maximum Gasteiger partial charge on any atom is 0.142 e. The van der Waals surface area contributed by atoms with Gasteiger partial charge in [-0.05, 0) is 48.7 Å². The highest BCUT2D eigenvalue weighted by Gasteiger charge is 2.18. The van der Waals surface area contributed by atoms with Crippen LogP contribution in [0.5, 0.6) is 11.5 Å². The molecule has 2 N–H and O–H groups in total. The molecule has 4 heteroatoms. The lowest BCUT2D eigenvalue weighted by molar-refractivity contribution is 0.483. The summed E-state index contributed by atoms with van der Waals surface area (Å²) in [5, 5.41) is 9.65. The molecule has 4 nitrogen and oxygen atoms in total. The van der Waals surface area contributed by atoms with Crippen LogP contribution < -0.4 is 10.5 Å². The van der Waals surface area contributed by atoms with Crippen LogP contribution in [0.1, 0.15) is 30.2 Å². The Labute approximate surface area is 153 Å². The van der Waals surface area contributed by atoms with E-state index in [2.05, 4.69) is 18.0 Å². The second-order valence-corrected chi connectivity index (χ2v) is 6.12. The van der Waals surface area contributed by atoms with E-state index in [1.807, 2.05) is 61.5 Å². The molecular weight excluding hydrogens is 322 g/mol. The highest BCUT2D eigenvalue weighted by atomic mass is 16.5. The lowest BCUT2D eigenvalue weighted by Crippen LogP contribution is -2.05. The van der Waals surface area contributed by atoms with Gasteiger partial charge < -0.3 is 10.5 Å². The molecule has 0 saturated carbocycles.